The Morgan fingerprint density at radius 2 is 1.59 bits per heavy atom. The molecule has 1 aliphatic rings. The maximum Gasteiger partial charge on any atom is 0.408 e. The first-order chi connectivity index (χ1) is 24.0. The summed E-state index contributed by atoms with van der Waals surface area (Å²) in [7, 11) is 0. The average molecular weight is 714 g/mol. The predicted molar refractivity (Wildman–Crippen MR) is 195 cm³/mol. The van der Waals surface area contributed by atoms with Crippen LogP contribution in [0.5, 0.6) is 0 Å². The highest BCUT2D eigenvalue weighted by Crippen LogP contribution is 2.28. The number of aromatic amines is 1. The number of carboxylic acid groups (broad SMARTS) is 1. The van der Waals surface area contributed by atoms with E-state index in [1.165, 1.54) is 0 Å². The van der Waals surface area contributed by atoms with Gasteiger partial charge >= 0.3 is 12.1 Å². The van der Waals surface area contributed by atoms with Crippen molar-refractivity contribution in [3.05, 3.63) is 36.0 Å². The number of hydrogen-bond acceptors (Lipinski definition) is 7. The van der Waals surface area contributed by atoms with Crippen molar-refractivity contribution in [2.24, 2.45) is 17.8 Å². The summed E-state index contributed by atoms with van der Waals surface area (Å²) in [5, 5.41) is 32.9. The normalized spacial score (nSPS) is 17.4. The number of carbonyl (C=O) groups excluding carboxylic acids is 4. The van der Waals surface area contributed by atoms with E-state index in [-0.39, 0.29) is 18.3 Å². The predicted octanol–water partition coefficient (Wildman–Crippen LogP) is 4.57. The highest BCUT2D eigenvalue weighted by Gasteiger charge is 2.35. The molecule has 1 aromatic heterocycles. The number of carboxylic acids is 1. The number of rotatable bonds is 17. The van der Waals surface area contributed by atoms with Crippen LogP contribution in [-0.2, 0) is 30.3 Å². The topological polar surface area (TPSA) is 199 Å². The van der Waals surface area contributed by atoms with E-state index in [0.29, 0.717) is 12.8 Å². The first kappa shape index (κ1) is 41.3. The molecular weight excluding hydrogens is 654 g/mol. The van der Waals surface area contributed by atoms with Crippen LogP contribution < -0.4 is 21.3 Å². The fraction of sp³-hybridized carbons (Fsp3) is 0.658. The van der Waals surface area contributed by atoms with Crippen LogP contribution in [0.15, 0.2) is 30.5 Å². The van der Waals surface area contributed by atoms with Gasteiger partial charge in [-0.2, -0.15) is 0 Å². The molecule has 2 aromatic rings. The number of fused-ring (bicyclic) bond motifs is 1. The lowest BCUT2D eigenvalue weighted by Gasteiger charge is -2.32. The van der Waals surface area contributed by atoms with Gasteiger partial charge in [0.1, 0.15) is 23.7 Å². The fourth-order valence-electron chi connectivity index (χ4n) is 6.56. The van der Waals surface area contributed by atoms with Gasteiger partial charge in [-0.05, 0) is 63.0 Å². The van der Waals surface area contributed by atoms with Crippen LogP contribution in [0, 0.1) is 17.8 Å². The number of ether oxygens (including phenoxy) is 1. The molecule has 7 N–H and O–H groups in total. The van der Waals surface area contributed by atoms with Crippen molar-refractivity contribution in [3.8, 4) is 0 Å². The number of alkyl carbamates (subject to hydrolysis) is 1. The molecule has 6 atom stereocenters. The Kier molecular flexibility index (Phi) is 15.3. The number of aliphatic hydroxyl groups excluding tert-OH is 1. The van der Waals surface area contributed by atoms with E-state index >= 15 is 0 Å². The van der Waals surface area contributed by atoms with E-state index in [9.17, 15) is 34.2 Å². The van der Waals surface area contributed by atoms with Crippen molar-refractivity contribution in [2.75, 3.05) is 0 Å². The van der Waals surface area contributed by atoms with E-state index in [1.807, 2.05) is 38.1 Å². The Hall–Kier alpha value is -4.13. The van der Waals surface area contributed by atoms with Gasteiger partial charge in [0.2, 0.25) is 17.7 Å². The van der Waals surface area contributed by atoms with E-state index in [1.54, 1.807) is 40.8 Å². The summed E-state index contributed by atoms with van der Waals surface area (Å²) in [6.07, 6.45) is 5.41. The molecule has 51 heavy (non-hydrogen) atoms. The number of para-hydroxylation sites is 1. The third kappa shape index (κ3) is 12.9. The molecule has 0 spiro atoms. The van der Waals surface area contributed by atoms with E-state index < -0.39 is 78.0 Å². The van der Waals surface area contributed by atoms with Crippen LogP contribution in [0.2, 0.25) is 0 Å². The number of H-pyrrole nitrogens is 1. The smallest absolute Gasteiger partial charge is 0.408 e. The molecule has 0 saturated heterocycles. The number of hydrogen-bond donors (Lipinski definition) is 7. The molecule has 13 heteroatoms. The molecule has 13 nitrogen and oxygen atoms in total. The highest BCUT2D eigenvalue weighted by atomic mass is 16.6. The van der Waals surface area contributed by atoms with Crippen LogP contribution >= 0.6 is 0 Å². The lowest BCUT2D eigenvalue weighted by atomic mass is 9.84. The summed E-state index contributed by atoms with van der Waals surface area (Å²) in [6, 6.07) is 3.48. The van der Waals surface area contributed by atoms with Gasteiger partial charge in [-0.15, -0.1) is 0 Å². The summed E-state index contributed by atoms with van der Waals surface area (Å²) in [5.74, 6) is -3.41. The number of carbonyl (C=O) groups is 5. The Labute approximate surface area is 301 Å². The quantitative estimate of drug-likeness (QED) is 0.124. The van der Waals surface area contributed by atoms with E-state index in [2.05, 4.69) is 26.3 Å². The second kappa shape index (κ2) is 18.9. The van der Waals surface area contributed by atoms with Crippen molar-refractivity contribution < 1.29 is 38.9 Å². The minimum absolute atomic E-state index is 0.141. The van der Waals surface area contributed by atoms with Crippen molar-refractivity contribution >= 4 is 40.7 Å². The molecule has 1 fully saturated rings. The summed E-state index contributed by atoms with van der Waals surface area (Å²) < 4.78 is 5.46. The van der Waals surface area contributed by atoms with Gasteiger partial charge in [0, 0.05) is 17.1 Å². The Bertz CT molecular complexity index is 1480. The van der Waals surface area contributed by atoms with Gasteiger partial charge in [0.25, 0.3) is 0 Å². The molecule has 1 saturated carbocycles. The van der Waals surface area contributed by atoms with Crippen LogP contribution in [0.1, 0.15) is 105 Å². The number of amides is 4. The molecule has 284 valence electrons. The molecule has 1 aromatic carbocycles. The molecule has 0 radical (unpaired) electrons. The Morgan fingerprint density at radius 3 is 2.20 bits per heavy atom. The molecule has 0 unspecified atom stereocenters. The van der Waals surface area contributed by atoms with Gasteiger partial charge in [-0.25, -0.2) is 9.59 Å². The summed E-state index contributed by atoms with van der Waals surface area (Å²) in [5.41, 5.74) is 0.882. The van der Waals surface area contributed by atoms with Crippen LogP contribution in [0.25, 0.3) is 10.9 Å². The van der Waals surface area contributed by atoms with Gasteiger partial charge in [0.15, 0.2) is 0 Å². The van der Waals surface area contributed by atoms with Crippen LogP contribution in [0.4, 0.5) is 4.79 Å². The van der Waals surface area contributed by atoms with E-state index in [4.69, 9.17) is 4.74 Å². The van der Waals surface area contributed by atoms with Crippen molar-refractivity contribution in [2.45, 2.75) is 142 Å². The molecule has 3 rings (SSSR count). The summed E-state index contributed by atoms with van der Waals surface area (Å²) in [6.45, 7) is 12.3. The van der Waals surface area contributed by atoms with Gasteiger partial charge < -0.3 is 41.2 Å². The minimum Gasteiger partial charge on any atom is -0.480 e. The molecular formula is C38H59N5O8. The molecule has 1 aliphatic carbocycles. The summed E-state index contributed by atoms with van der Waals surface area (Å²) >= 11 is 0. The maximum atomic E-state index is 14.1. The van der Waals surface area contributed by atoms with Gasteiger partial charge in [0.05, 0.1) is 18.6 Å². The largest absolute Gasteiger partial charge is 0.480 e. The average Bonchev–Trinajstić information content (AvgIpc) is 3.46. The van der Waals surface area contributed by atoms with Crippen LogP contribution in [0.3, 0.4) is 0 Å². The lowest BCUT2D eigenvalue weighted by molar-refractivity contribution is -0.143. The monoisotopic (exact) mass is 713 g/mol. The zero-order valence-corrected chi connectivity index (χ0v) is 31.2. The molecule has 4 amide bonds. The zero-order chi connectivity index (χ0) is 37.9. The molecule has 1 heterocycles. The first-order valence-corrected chi connectivity index (χ1v) is 18.3. The Balaban J connectivity index is 1.86. The lowest BCUT2D eigenvalue weighted by Crippen LogP contribution is -2.59. The third-order valence-electron chi connectivity index (χ3n) is 9.65. The number of aromatic nitrogens is 1. The second-order valence-electron chi connectivity index (χ2n) is 15.4. The Morgan fingerprint density at radius 1 is 0.922 bits per heavy atom. The summed E-state index contributed by atoms with van der Waals surface area (Å²) in [4.78, 5) is 68.7. The fourth-order valence-corrected chi connectivity index (χ4v) is 6.56. The number of aliphatic hydroxyl groups is 1. The third-order valence-corrected chi connectivity index (χ3v) is 9.65. The number of nitrogens with one attached hydrogen (secondary N) is 5. The highest BCUT2D eigenvalue weighted by molar-refractivity contribution is 5.92. The van der Waals surface area contributed by atoms with Gasteiger partial charge in [-0.1, -0.05) is 84.4 Å². The molecule has 0 aliphatic heterocycles. The first-order valence-electron chi connectivity index (χ1n) is 18.3. The van der Waals surface area contributed by atoms with Crippen LogP contribution in [-0.4, -0.2) is 80.9 Å². The second-order valence-corrected chi connectivity index (χ2v) is 15.4. The SMILES string of the molecule is CC[C@H](C)[C@H](NC(=O)[C@H](CC1CCCCC1)NC(=O)OC(C)(C)C)C(=O)N[C@@H](Cc1c[nH]c2ccccc12)[C@@H](O)CC(=O)N[C@H](C(=O)O)C(C)C. The maximum absolute atomic E-state index is 14.1. The molecule has 0 bridgehead atoms. The van der Waals surface area contributed by atoms with Crippen molar-refractivity contribution in [1.29, 1.82) is 0 Å². The van der Waals surface area contributed by atoms with Crippen molar-refractivity contribution in [3.63, 3.8) is 0 Å². The minimum atomic E-state index is -1.40. The van der Waals surface area contributed by atoms with Crippen molar-refractivity contribution in [1.82, 2.24) is 26.3 Å². The number of aliphatic carboxylic acids is 1. The number of benzene rings is 1. The van der Waals surface area contributed by atoms with E-state index in [0.717, 1.165) is 48.6 Å². The van der Waals surface area contributed by atoms with Gasteiger partial charge in [-0.3, -0.25) is 14.4 Å². The zero-order valence-electron chi connectivity index (χ0n) is 31.2. The standard InChI is InChI=1S/C38H59N5O8/c1-8-23(4)33(43-34(46)29(18-24-14-10-9-11-15-24)41-37(50)51-38(5,6)7)35(47)40-28(19-25-21-39-27-17-13-12-16-26(25)27)30(44)20-31(45)42-32(22(2)3)36(48)49/h12-13,16-17,21-24,28-30,32-33,39,44H,8-11,14-15,18-20H2,1-7H3,(H,40,47)(H,41,50)(H,42,45)(H,43,46)(H,48,49)/t23-,28-,29-,30-,32-,33-/m0/s1.